The lowest BCUT2D eigenvalue weighted by molar-refractivity contribution is -0.0266. The molecular formula is C15H24N2O2. The number of rotatable bonds is 4. The Morgan fingerprint density at radius 1 is 1.32 bits per heavy atom. The highest BCUT2D eigenvalue weighted by Crippen LogP contribution is 2.32. The van der Waals surface area contributed by atoms with Crippen LogP contribution in [0, 0.1) is 0 Å². The van der Waals surface area contributed by atoms with Gasteiger partial charge in [0.15, 0.2) is 0 Å². The Kier molecular flexibility index (Phi) is 4.45. The van der Waals surface area contributed by atoms with E-state index in [1.807, 2.05) is 14.1 Å². The zero-order valence-electron chi connectivity index (χ0n) is 12.2. The van der Waals surface area contributed by atoms with Crippen molar-refractivity contribution in [2.75, 3.05) is 32.1 Å². The van der Waals surface area contributed by atoms with Crippen LogP contribution in [0.1, 0.15) is 25.6 Å². The Hall–Kier alpha value is -1.10. The molecule has 0 radical (unpaired) electrons. The van der Waals surface area contributed by atoms with E-state index in [1.54, 1.807) is 0 Å². The molecule has 1 heterocycles. The van der Waals surface area contributed by atoms with Gasteiger partial charge in [0.25, 0.3) is 0 Å². The van der Waals surface area contributed by atoms with Gasteiger partial charge in [-0.3, -0.25) is 4.90 Å². The van der Waals surface area contributed by atoms with Crippen LogP contribution >= 0.6 is 0 Å². The van der Waals surface area contributed by atoms with Crippen LogP contribution < -0.4 is 4.90 Å². The molecule has 1 aromatic carbocycles. The van der Waals surface area contributed by atoms with E-state index < -0.39 is 0 Å². The molecule has 2 unspecified atom stereocenters. The minimum atomic E-state index is -0.0825. The molecule has 0 saturated carbocycles. The van der Waals surface area contributed by atoms with Crippen molar-refractivity contribution in [2.45, 2.75) is 32.2 Å². The maximum atomic E-state index is 9.29. The topological polar surface area (TPSA) is 35.9 Å². The molecule has 0 amide bonds. The van der Waals surface area contributed by atoms with Gasteiger partial charge in [-0.1, -0.05) is 12.1 Å². The first kappa shape index (κ1) is 14.3. The van der Waals surface area contributed by atoms with Crippen LogP contribution in [0.25, 0.3) is 0 Å². The summed E-state index contributed by atoms with van der Waals surface area (Å²) in [6.07, 6.45) is -0.130. The van der Waals surface area contributed by atoms with Gasteiger partial charge in [0.2, 0.25) is 0 Å². The molecule has 1 saturated heterocycles. The quantitative estimate of drug-likeness (QED) is 0.900. The number of aliphatic hydroxyl groups excluding tert-OH is 1. The van der Waals surface area contributed by atoms with Gasteiger partial charge in [-0.05, 0) is 31.5 Å². The molecule has 106 valence electrons. The summed E-state index contributed by atoms with van der Waals surface area (Å²) >= 11 is 0. The number of nitrogens with zero attached hydrogens (tertiary/aromatic N) is 2. The van der Waals surface area contributed by atoms with Crippen molar-refractivity contribution in [1.29, 1.82) is 0 Å². The van der Waals surface area contributed by atoms with Gasteiger partial charge in [0.1, 0.15) is 6.23 Å². The predicted octanol–water partition coefficient (Wildman–Crippen LogP) is 1.85. The SMILES string of the molecule is CC(C)N1CC(CO)OC1c1ccc(N(C)C)cc1. The van der Waals surface area contributed by atoms with E-state index in [0.29, 0.717) is 6.04 Å². The highest BCUT2D eigenvalue weighted by Gasteiger charge is 2.34. The third kappa shape index (κ3) is 3.08. The predicted molar refractivity (Wildman–Crippen MR) is 77.3 cm³/mol. The maximum absolute atomic E-state index is 9.29. The fourth-order valence-electron chi connectivity index (χ4n) is 2.42. The Balaban J connectivity index is 2.19. The second-order valence-corrected chi connectivity index (χ2v) is 5.57. The van der Waals surface area contributed by atoms with Gasteiger partial charge < -0.3 is 14.7 Å². The van der Waals surface area contributed by atoms with E-state index in [2.05, 4.69) is 47.9 Å². The summed E-state index contributed by atoms with van der Waals surface area (Å²) in [5.74, 6) is 0. The van der Waals surface area contributed by atoms with Crippen molar-refractivity contribution >= 4 is 5.69 Å². The fraction of sp³-hybridized carbons (Fsp3) is 0.600. The molecule has 0 spiro atoms. The van der Waals surface area contributed by atoms with Crippen molar-refractivity contribution in [2.24, 2.45) is 0 Å². The van der Waals surface area contributed by atoms with E-state index in [1.165, 1.54) is 5.69 Å². The smallest absolute Gasteiger partial charge is 0.137 e. The van der Waals surface area contributed by atoms with Crippen LogP contribution in [-0.4, -0.2) is 49.4 Å². The van der Waals surface area contributed by atoms with Gasteiger partial charge in [-0.2, -0.15) is 0 Å². The van der Waals surface area contributed by atoms with Crippen molar-refractivity contribution in [3.05, 3.63) is 29.8 Å². The molecule has 1 aliphatic heterocycles. The fourth-order valence-corrected chi connectivity index (χ4v) is 2.42. The molecule has 19 heavy (non-hydrogen) atoms. The van der Waals surface area contributed by atoms with Crippen molar-refractivity contribution in [3.8, 4) is 0 Å². The molecule has 0 aromatic heterocycles. The van der Waals surface area contributed by atoms with E-state index in [4.69, 9.17) is 4.74 Å². The number of ether oxygens (including phenoxy) is 1. The molecule has 1 aliphatic rings. The molecular weight excluding hydrogens is 240 g/mol. The first-order valence-corrected chi connectivity index (χ1v) is 6.82. The molecule has 4 heteroatoms. The van der Waals surface area contributed by atoms with Crippen LogP contribution in [0.15, 0.2) is 24.3 Å². The number of hydrogen-bond donors (Lipinski definition) is 1. The van der Waals surface area contributed by atoms with Gasteiger partial charge >= 0.3 is 0 Å². The molecule has 1 fully saturated rings. The van der Waals surface area contributed by atoms with E-state index >= 15 is 0 Å². The Morgan fingerprint density at radius 3 is 2.42 bits per heavy atom. The number of hydrogen-bond acceptors (Lipinski definition) is 4. The second kappa shape index (κ2) is 5.90. The van der Waals surface area contributed by atoms with Gasteiger partial charge in [-0.15, -0.1) is 0 Å². The normalized spacial score (nSPS) is 24.1. The van der Waals surface area contributed by atoms with Crippen LogP contribution in [0.3, 0.4) is 0 Å². The lowest BCUT2D eigenvalue weighted by atomic mass is 10.1. The lowest BCUT2D eigenvalue weighted by Gasteiger charge is -2.27. The molecule has 1 N–H and O–H groups in total. The highest BCUT2D eigenvalue weighted by atomic mass is 16.5. The van der Waals surface area contributed by atoms with Crippen LogP contribution in [0.2, 0.25) is 0 Å². The molecule has 0 bridgehead atoms. The Bertz CT molecular complexity index is 403. The minimum Gasteiger partial charge on any atom is -0.394 e. The zero-order valence-corrected chi connectivity index (χ0v) is 12.2. The summed E-state index contributed by atoms with van der Waals surface area (Å²) in [5.41, 5.74) is 2.33. The summed E-state index contributed by atoms with van der Waals surface area (Å²) in [4.78, 5) is 4.36. The molecule has 1 aromatic rings. The molecule has 4 nitrogen and oxygen atoms in total. The number of anilines is 1. The molecule has 2 rings (SSSR count). The number of benzene rings is 1. The minimum absolute atomic E-state index is 0.0478. The van der Waals surface area contributed by atoms with Crippen molar-refractivity contribution < 1.29 is 9.84 Å². The first-order chi connectivity index (χ1) is 9.02. The Labute approximate surface area is 115 Å². The zero-order chi connectivity index (χ0) is 14.0. The van der Waals surface area contributed by atoms with Crippen molar-refractivity contribution in [3.63, 3.8) is 0 Å². The average molecular weight is 264 g/mol. The van der Waals surface area contributed by atoms with Gasteiger partial charge in [0, 0.05) is 32.4 Å². The van der Waals surface area contributed by atoms with E-state index in [9.17, 15) is 5.11 Å². The summed E-state index contributed by atoms with van der Waals surface area (Å²) in [7, 11) is 4.06. The second-order valence-electron chi connectivity index (χ2n) is 5.57. The monoisotopic (exact) mass is 264 g/mol. The maximum Gasteiger partial charge on any atom is 0.137 e. The molecule has 0 aliphatic carbocycles. The van der Waals surface area contributed by atoms with Crippen LogP contribution in [0.4, 0.5) is 5.69 Å². The third-order valence-corrected chi connectivity index (χ3v) is 3.60. The number of aliphatic hydroxyl groups is 1. The summed E-state index contributed by atoms with van der Waals surface area (Å²) in [6.45, 7) is 5.18. The van der Waals surface area contributed by atoms with Gasteiger partial charge in [-0.25, -0.2) is 0 Å². The van der Waals surface area contributed by atoms with Gasteiger partial charge in [0.05, 0.1) is 12.7 Å². The summed E-state index contributed by atoms with van der Waals surface area (Å²) in [5, 5.41) is 9.29. The van der Waals surface area contributed by atoms with Crippen molar-refractivity contribution in [1.82, 2.24) is 4.90 Å². The van der Waals surface area contributed by atoms with Crippen LogP contribution in [0.5, 0.6) is 0 Å². The standard InChI is InChI=1S/C15H24N2O2/c1-11(2)17-9-14(10-18)19-15(17)12-5-7-13(8-6-12)16(3)4/h5-8,11,14-15,18H,9-10H2,1-4H3. The summed E-state index contributed by atoms with van der Waals surface area (Å²) < 4.78 is 5.93. The molecule has 2 atom stereocenters. The summed E-state index contributed by atoms with van der Waals surface area (Å²) in [6, 6.07) is 8.81. The average Bonchev–Trinajstić information content (AvgIpc) is 2.83. The highest BCUT2D eigenvalue weighted by molar-refractivity contribution is 5.46. The lowest BCUT2D eigenvalue weighted by Crippen LogP contribution is -2.32. The van der Waals surface area contributed by atoms with Crippen LogP contribution in [-0.2, 0) is 4.74 Å². The van der Waals surface area contributed by atoms with E-state index in [-0.39, 0.29) is 18.9 Å². The Morgan fingerprint density at radius 2 is 1.95 bits per heavy atom. The first-order valence-electron chi connectivity index (χ1n) is 6.82. The largest absolute Gasteiger partial charge is 0.394 e. The third-order valence-electron chi connectivity index (χ3n) is 3.60. The van der Waals surface area contributed by atoms with E-state index in [0.717, 1.165) is 12.1 Å².